The summed E-state index contributed by atoms with van der Waals surface area (Å²) in [5, 5.41) is 9.65. The molecule has 2 heterocycles. The van der Waals surface area contributed by atoms with Gasteiger partial charge in [0.2, 0.25) is 5.91 Å². The van der Waals surface area contributed by atoms with Gasteiger partial charge in [-0.3, -0.25) is 9.59 Å². The largest absolute Gasteiger partial charge is 0.378 e. The minimum Gasteiger partial charge on any atom is -0.378 e. The smallest absolute Gasteiger partial charge is 0.253 e. The third kappa shape index (κ3) is 4.44. The number of hydrogen-bond donors (Lipinski definition) is 1. The molecule has 26 heavy (non-hydrogen) atoms. The number of carbonyl (C=O) groups is 2. The predicted octanol–water partition coefficient (Wildman–Crippen LogP) is 2.04. The molecule has 2 aliphatic rings. The molecular weight excluding hydrogens is 328 g/mol. The summed E-state index contributed by atoms with van der Waals surface area (Å²) in [4.78, 5) is 28.4. The van der Waals surface area contributed by atoms with Crippen LogP contribution in [-0.4, -0.2) is 58.0 Å². The fourth-order valence-corrected chi connectivity index (χ4v) is 3.54. The molecule has 0 aromatic heterocycles. The van der Waals surface area contributed by atoms with Crippen molar-refractivity contribution in [2.75, 3.05) is 19.6 Å². The van der Waals surface area contributed by atoms with Crippen molar-refractivity contribution in [2.24, 2.45) is 0 Å². The lowest BCUT2D eigenvalue weighted by Gasteiger charge is -2.36. The van der Waals surface area contributed by atoms with Crippen molar-refractivity contribution in [3.05, 3.63) is 35.4 Å². The van der Waals surface area contributed by atoms with Gasteiger partial charge in [-0.15, -0.1) is 0 Å². The molecule has 2 aliphatic heterocycles. The van der Waals surface area contributed by atoms with E-state index in [1.165, 1.54) is 0 Å². The van der Waals surface area contributed by atoms with Crippen LogP contribution in [0.25, 0.3) is 0 Å². The molecule has 0 unspecified atom stereocenters. The fourth-order valence-electron chi connectivity index (χ4n) is 3.54. The second-order valence-corrected chi connectivity index (χ2v) is 7.60. The molecule has 3 rings (SSSR count). The van der Waals surface area contributed by atoms with Gasteiger partial charge in [-0.2, -0.15) is 0 Å². The highest BCUT2D eigenvalue weighted by atomic mass is 16.3. The van der Waals surface area contributed by atoms with E-state index < -0.39 is 5.60 Å². The standard InChI is InChI=1S/C21H26N2O3/c1-21(2,26)12-9-16-5-7-17(8-6-16)20(25)22-14-10-18(11-15-22)23-13-3-4-19(23)24/h5-8,18,26H,3-4,10-11,13-15H2,1-2H3. The van der Waals surface area contributed by atoms with Crippen LogP contribution in [0.3, 0.4) is 0 Å². The number of piperidine rings is 1. The van der Waals surface area contributed by atoms with E-state index in [-0.39, 0.29) is 17.9 Å². The van der Waals surface area contributed by atoms with Gasteiger partial charge in [-0.25, -0.2) is 0 Å². The Morgan fingerprint density at radius 3 is 2.35 bits per heavy atom. The zero-order valence-corrected chi connectivity index (χ0v) is 15.5. The molecule has 1 aromatic rings. The highest BCUT2D eigenvalue weighted by molar-refractivity contribution is 5.94. The Morgan fingerprint density at radius 2 is 1.81 bits per heavy atom. The lowest BCUT2D eigenvalue weighted by molar-refractivity contribution is -0.130. The first-order chi connectivity index (χ1) is 12.3. The quantitative estimate of drug-likeness (QED) is 0.827. The second kappa shape index (κ2) is 7.51. The Bertz CT molecular complexity index is 729. The number of nitrogens with zero attached hydrogens (tertiary/aromatic N) is 2. The summed E-state index contributed by atoms with van der Waals surface area (Å²) in [5.74, 6) is 5.96. The summed E-state index contributed by atoms with van der Waals surface area (Å²) < 4.78 is 0. The Morgan fingerprint density at radius 1 is 1.15 bits per heavy atom. The lowest BCUT2D eigenvalue weighted by atomic mass is 10.0. The Kier molecular flexibility index (Phi) is 5.33. The molecule has 0 aliphatic carbocycles. The number of benzene rings is 1. The molecule has 2 amide bonds. The summed E-state index contributed by atoms with van der Waals surface area (Å²) in [5.41, 5.74) is 0.389. The Balaban J connectivity index is 1.58. The van der Waals surface area contributed by atoms with Crippen LogP contribution in [0.5, 0.6) is 0 Å². The lowest BCUT2D eigenvalue weighted by Crippen LogP contribution is -2.47. The van der Waals surface area contributed by atoms with E-state index in [4.69, 9.17) is 0 Å². The van der Waals surface area contributed by atoms with E-state index >= 15 is 0 Å². The van der Waals surface area contributed by atoms with Crippen molar-refractivity contribution in [2.45, 2.75) is 51.2 Å². The summed E-state index contributed by atoms with van der Waals surface area (Å²) >= 11 is 0. The normalized spacial score (nSPS) is 18.7. The predicted molar refractivity (Wildman–Crippen MR) is 99.5 cm³/mol. The number of rotatable bonds is 2. The maximum atomic E-state index is 12.7. The first-order valence-corrected chi connectivity index (χ1v) is 9.28. The summed E-state index contributed by atoms with van der Waals surface area (Å²) in [6, 6.07) is 7.47. The van der Waals surface area contributed by atoms with Crippen LogP contribution in [0, 0.1) is 11.8 Å². The number of hydrogen-bond acceptors (Lipinski definition) is 3. The molecule has 138 valence electrons. The molecule has 5 heteroatoms. The van der Waals surface area contributed by atoms with Crippen molar-refractivity contribution < 1.29 is 14.7 Å². The fraction of sp³-hybridized carbons (Fsp3) is 0.524. The molecule has 5 nitrogen and oxygen atoms in total. The first-order valence-electron chi connectivity index (χ1n) is 9.28. The van der Waals surface area contributed by atoms with E-state index in [1.54, 1.807) is 26.0 Å². The minimum atomic E-state index is -1.03. The summed E-state index contributed by atoms with van der Waals surface area (Å²) in [7, 11) is 0. The van der Waals surface area contributed by atoms with E-state index in [0.29, 0.717) is 25.1 Å². The van der Waals surface area contributed by atoms with E-state index in [9.17, 15) is 14.7 Å². The van der Waals surface area contributed by atoms with Crippen LogP contribution < -0.4 is 0 Å². The second-order valence-electron chi connectivity index (χ2n) is 7.60. The molecule has 1 aromatic carbocycles. The van der Waals surface area contributed by atoms with Gasteiger partial charge in [-0.05, 0) is 57.4 Å². The van der Waals surface area contributed by atoms with Crippen LogP contribution in [0.2, 0.25) is 0 Å². The molecule has 2 fully saturated rings. The van der Waals surface area contributed by atoms with Crippen molar-refractivity contribution >= 4 is 11.8 Å². The van der Waals surface area contributed by atoms with Crippen LogP contribution in [0.4, 0.5) is 0 Å². The average molecular weight is 354 g/mol. The Labute approximate surface area is 155 Å². The van der Waals surface area contributed by atoms with Gasteiger partial charge >= 0.3 is 0 Å². The zero-order chi connectivity index (χ0) is 18.7. The molecule has 0 saturated carbocycles. The highest BCUT2D eigenvalue weighted by Gasteiger charge is 2.32. The van der Waals surface area contributed by atoms with Crippen molar-refractivity contribution in [1.82, 2.24) is 9.80 Å². The molecule has 2 saturated heterocycles. The van der Waals surface area contributed by atoms with Crippen molar-refractivity contribution in [3.8, 4) is 11.8 Å². The van der Waals surface area contributed by atoms with E-state index in [0.717, 1.165) is 31.4 Å². The number of carbonyl (C=O) groups excluding carboxylic acids is 2. The topological polar surface area (TPSA) is 60.9 Å². The summed E-state index contributed by atoms with van der Waals surface area (Å²) in [6.07, 6.45) is 3.34. The first kappa shape index (κ1) is 18.5. The number of likely N-dealkylation sites (tertiary alicyclic amines) is 2. The van der Waals surface area contributed by atoms with Crippen LogP contribution in [0.1, 0.15) is 55.5 Å². The van der Waals surface area contributed by atoms with Gasteiger partial charge in [0.1, 0.15) is 5.60 Å². The van der Waals surface area contributed by atoms with Gasteiger partial charge in [-0.1, -0.05) is 11.8 Å². The van der Waals surface area contributed by atoms with Gasteiger partial charge in [0.25, 0.3) is 5.91 Å². The zero-order valence-electron chi connectivity index (χ0n) is 15.5. The van der Waals surface area contributed by atoms with E-state index in [2.05, 4.69) is 11.8 Å². The third-order valence-corrected chi connectivity index (χ3v) is 4.95. The van der Waals surface area contributed by atoms with Gasteiger partial charge in [0.05, 0.1) is 0 Å². The van der Waals surface area contributed by atoms with Crippen LogP contribution in [0.15, 0.2) is 24.3 Å². The molecule has 0 atom stereocenters. The molecule has 0 bridgehead atoms. The SMILES string of the molecule is CC(C)(O)C#Cc1ccc(C(=O)N2CCC(N3CCCC3=O)CC2)cc1. The average Bonchev–Trinajstić information content (AvgIpc) is 3.05. The van der Waals surface area contributed by atoms with E-state index in [1.807, 2.05) is 21.9 Å². The highest BCUT2D eigenvalue weighted by Crippen LogP contribution is 2.23. The molecule has 1 N–H and O–H groups in total. The van der Waals surface area contributed by atoms with Crippen molar-refractivity contribution in [1.29, 1.82) is 0 Å². The minimum absolute atomic E-state index is 0.0261. The van der Waals surface area contributed by atoms with Crippen molar-refractivity contribution in [3.63, 3.8) is 0 Å². The maximum absolute atomic E-state index is 12.7. The van der Waals surface area contributed by atoms with Gasteiger partial charge in [0, 0.05) is 43.2 Å². The van der Waals surface area contributed by atoms with Crippen LogP contribution >= 0.6 is 0 Å². The summed E-state index contributed by atoms with van der Waals surface area (Å²) in [6.45, 7) is 5.51. The molecular formula is C21H26N2O3. The molecule has 0 spiro atoms. The van der Waals surface area contributed by atoms with Gasteiger partial charge in [0.15, 0.2) is 0 Å². The number of aliphatic hydroxyl groups is 1. The Hall–Kier alpha value is -2.32. The van der Waals surface area contributed by atoms with Crippen LogP contribution in [-0.2, 0) is 4.79 Å². The third-order valence-electron chi connectivity index (χ3n) is 4.95. The van der Waals surface area contributed by atoms with Gasteiger partial charge < -0.3 is 14.9 Å². The molecule has 0 radical (unpaired) electrons. The maximum Gasteiger partial charge on any atom is 0.253 e. The monoisotopic (exact) mass is 354 g/mol. The number of amides is 2.